The van der Waals surface area contributed by atoms with E-state index in [1.54, 1.807) is 17.2 Å². The van der Waals surface area contributed by atoms with Crippen LogP contribution in [0.2, 0.25) is 0 Å². The van der Waals surface area contributed by atoms with E-state index in [-0.39, 0.29) is 0 Å². The molecule has 0 aromatic carbocycles. The van der Waals surface area contributed by atoms with E-state index in [9.17, 15) is 0 Å². The van der Waals surface area contributed by atoms with Crippen LogP contribution in [0.15, 0.2) is 23.6 Å². The molecule has 0 fully saturated rings. The lowest BCUT2D eigenvalue weighted by atomic mass is 10.3. The molecule has 2 rings (SSSR count). The van der Waals surface area contributed by atoms with Gasteiger partial charge in [0.05, 0.1) is 6.20 Å². The molecule has 13 heavy (non-hydrogen) atoms. The molecule has 0 aliphatic heterocycles. The average molecular weight is 174 g/mol. The number of rotatable bonds is 1. The van der Waals surface area contributed by atoms with Crippen LogP contribution in [0.1, 0.15) is 12.5 Å². The van der Waals surface area contributed by atoms with E-state index in [4.69, 9.17) is 0 Å². The number of nitrogens with zero attached hydrogens (tertiary/aromatic N) is 4. The summed E-state index contributed by atoms with van der Waals surface area (Å²) < 4.78 is 0. The molecular weight excluding hydrogens is 164 g/mol. The highest BCUT2D eigenvalue weighted by Gasteiger charge is 2.01. The molecule has 2 aromatic heterocycles. The molecule has 0 atom stereocenters. The van der Waals surface area contributed by atoms with Crippen LogP contribution in [0.3, 0.4) is 0 Å². The summed E-state index contributed by atoms with van der Waals surface area (Å²) in [6.45, 7) is 3.86. The predicted molar refractivity (Wildman–Crippen MR) is 51.8 cm³/mol. The van der Waals surface area contributed by atoms with Gasteiger partial charge in [0, 0.05) is 12.4 Å². The average Bonchev–Trinajstić information content (AvgIpc) is 2.49. The molecule has 2 aromatic rings. The van der Waals surface area contributed by atoms with Crippen molar-refractivity contribution in [2.45, 2.75) is 13.8 Å². The lowest BCUT2D eigenvalue weighted by Gasteiger charge is -1.94. The van der Waals surface area contributed by atoms with E-state index >= 15 is 0 Å². The van der Waals surface area contributed by atoms with Gasteiger partial charge in [0.2, 0.25) is 0 Å². The van der Waals surface area contributed by atoms with Gasteiger partial charge >= 0.3 is 0 Å². The largest absolute Gasteiger partial charge is 0.253 e. The van der Waals surface area contributed by atoms with Crippen LogP contribution >= 0.6 is 0 Å². The van der Waals surface area contributed by atoms with Crippen molar-refractivity contribution in [2.75, 3.05) is 0 Å². The lowest BCUT2D eigenvalue weighted by Crippen LogP contribution is -1.90. The maximum atomic E-state index is 4.23. The molecule has 0 saturated heterocycles. The zero-order valence-electron chi connectivity index (χ0n) is 7.60. The summed E-state index contributed by atoms with van der Waals surface area (Å²) in [4.78, 5) is 5.81. The minimum absolute atomic E-state index is 0.871. The molecule has 0 N–H and O–H groups in total. The third kappa shape index (κ3) is 1.30. The Hall–Kier alpha value is -1.71. The third-order valence-corrected chi connectivity index (χ3v) is 1.76. The molecule has 0 aliphatic rings. The first-order chi connectivity index (χ1) is 6.31. The quantitative estimate of drug-likeness (QED) is 0.616. The summed E-state index contributed by atoms with van der Waals surface area (Å²) in [6.07, 6.45) is 5.24. The van der Waals surface area contributed by atoms with Gasteiger partial charge in [-0.1, -0.05) is 0 Å². The second-order valence-electron chi connectivity index (χ2n) is 2.82. The molecule has 0 radical (unpaired) electrons. The van der Waals surface area contributed by atoms with Crippen LogP contribution in [0.4, 0.5) is 0 Å². The first-order valence-corrected chi connectivity index (χ1v) is 4.10. The number of aromatic nitrogens is 3. The fourth-order valence-electron chi connectivity index (χ4n) is 1.20. The summed E-state index contributed by atoms with van der Waals surface area (Å²) >= 11 is 0. The molecule has 4 nitrogen and oxygen atoms in total. The second-order valence-corrected chi connectivity index (χ2v) is 2.82. The van der Waals surface area contributed by atoms with E-state index in [2.05, 4.69) is 15.2 Å². The van der Waals surface area contributed by atoms with Gasteiger partial charge in [0.15, 0.2) is 0 Å². The van der Waals surface area contributed by atoms with E-state index < -0.39 is 0 Å². The highest BCUT2D eigenvalue weighted by atomic mass is 15.5. The Bertz CT molecular complexity index is 456. The Morgan fingerprint density at radius 2 is 2.31 bits per heavy atom. The van der Waals surface area contributed by atoms with Gasteiger partial charge in [-0.3, -0.25) is 4.98 Å². The van der Waals surface area contributed by atoms with Crippen LogP contribution in [0.5, 0.6) is 0 Å². The van der Waals surface area contributed by atoms with E-state index in [1.807, 2.05) is 26.1 Å². The monoisotopic (exact) mass is 174 g/mol. The smallest absolute Gasteiger partial charge is 0.113 e. The number of hydrogen-bond acceptors (Lipinski definition) is 3. The number of fused-ring (bicyclic) bond motifs is 1. The van der Waals surface area contributed by atoms with Crippen LogP contribution < -0.4 is 0 Å². The third-order valence-electron chi connectivity index (χ3n) is 1.76. The SMILES string of the molecule is C/C=N/n1ncc2ncc(C)cc21. The second kappa shape index (κ2) is 2.97. The van der Waals surface area contributed by atoms with Gasteiger partial charge in [-0.15, -0.1) is 4.79 Å². The molecule has 4 heteroatoms. The summed E-state index contributed by atoms with van der Waals surface area (Å²) in [5.74, 6) is 0. The van der Waals surface area contributed by atoms with E-state index in [0.29, 0.717) is 0 Å². The maximum absolute atomic E-state index is 4.23. The van der Waals surface area contributed by atoms with Crippen molar-refractivity contribution in [2.24, 2.45) is 5.10 Å². The summed E-state index contributed by atoms with van der Waals surface area (Å²) in [5, 5.41) is 8.16. The topological polar surface area (TPSA) is 43.1 Å². The number of pyridine rings is 1. The highest BCUT2D eigenvalue weighted by molar-refractivity contribution is 5.74. The van der Waals surface area contributed by atoms with E-state index in [0.717, 1.165) is 16.6 Å². The van der Waals surface area contributed by atoms with Crippen molar-refractivity contribution >= 4 is 17.2 Å². The molecule has 0 unspecified atom stereocenters. The zero-order chi connectivity index (χ0) is 9.26. The Balaban J connectivity index is 2.71. The van der Waals surface area contributed by atoms with Gasteiger partial charge in [-0.25, -0.2) is 0 Å². The van der Waals surface area contributed by atoms with Crippen molar-refractivity contribution in [3.05, 3.63) is 24.0 Å². The van der Waals surface area contributed by atoms with Crippen molar-refractivity contribution in [1.29, 1.82) is 0 Å². The first-order valence-electron chi connectivity index (χ1n) is 4.10. The lowest BCUT2D eigenvalue weighted by molar-refractivity contribution is 0.772. The Morgan fingerprint density at radius 1 is 1.46 bits per heavy atom. The molecular formula is C9H10N4. The van der Waals surface area contributed by atoms with Crippen molar-refractivity contribution in [1.82, 2.24) is 14.9 Å². The molecule has 0 bridgehead atoms. The van der Waals surface area contributed by atoms with Crippen molar-refractivity contribution in [3.8, 4) is 0 Å². The highest BCUT2D eigenvalue weighted by Crippen LogP contribution is 2.11. The fraction of sp³-hybridized carbons (Fsp3) is 0.222. The molecule has 0 aliphatic carbocycles. The van der Waals surface area contributed by atoms with Gasteiger partial charge in [-0.2, -0.15) is 10.2 Å². The summed E-state index contributed by atoms with van der Waals surface area (Å²) in [6, 6.07) is 2.02. The Labute approximate surface area is 75.9 Å². The van der Waals surface area contributed by atoms with Gasteiger partial charge < -0.3 is 0 Å². The normalized spacial score (nSPS) is 11.5. The van der Waals surface area contributed by atoms with Crippen LogP contribution in [0.25, 0.3) is 11.0 Å². The number of aryl methyl sites for hydroxylation is 1. The number of hydrogen-bond donors (Lipinski definition) is 0. The molecule has 66 valence electrons. The van der Waals surface area contributed by atoms with Gasteiger partial charge in [0.25, 0.3) is 0 Å². The maximum Gasteiger partial charge on any atom is 0.113 e. The summed E-state index contributed by atoms with van der Waals surface area (Å²) in [7, 11) is 0. The van der Waals surface area contributed by atoms with Crippen molar-refractivity contribution in [3.63, 3.8) is 0 Å². The Kier molecular flexibility index (Phi) is 1.81. The fourth-order valence-corrected chi connectivity index (χ4v) is 1.20. The predicted octanol–water partition coefficient (Wildman–Crippen LogP) is 1.59. The van der Waals surface area contributed by atoms with Gasteiger partial charge in [0.1, 0.15) is 11.0 Å². The first kappa shape index (κ1) is 7.91. The van der Waals surface area contributed by atoms with Crippen LogP contribution in [-0.4, -0.2) is 21.1 Å². The Morgan fingerprint density at radius 3 is 3.08 bits per heavy atom. The molecule has 0 amide bonds. The van der Waals surface area contributed by atoms with E-state index in [1.165, 1.54) is 0 Å². The minimum atomic E-state index is 0.871. The van der Waals surface area contributed by atoms with Crippen molar-refractivity contribution < 1.29 is 0 Å². The van der Waals surface area contributed by atoms with Crippen LogP contribution in [-0.2, 0) is 0 Å². The molecule has 2 heterocycles. The minimum Gasteiger partial charge on any atom is -0.253 e. The molecule has 0 saturated carbocycles. The van der Waals surface area contributed by atoms with Gasteiger partial charge in [-0.05, 0) is 25.5 Å². The summed E-state index contributed by atoms with van der Waals surface area (Å²) in [5.41, 5.74) is 2.93. The zero-order valence-corrected chi connectivity index (χ0v) is 7.60. The van der Waals surface area contributed by atoms with Crippen LogP contribution in [0, 0.1) is 6.92 Å². The standard InChI is InChI=1S/C9H10N4/c1-3-11-13-9-4-7(2)5-10-8(9)6-12-13/h3-6H,1-2H3/b11-3+. The molecule has 0 spiro atoms.